The van der Waals surface area contributed by atoms with Crippen molar-refractivity contribution < 1.29 is 14.3 Å². The van der Waals surface area contributed by atoms with Gasteiger partial charge in [-0.1, -0.05) is 42.5 Å². The third-order valence-corrected chi connectivity index (χ3v) is 5.89. The van der Waals surface area contributed by atoms with Crippen molar-refractivity contribution in [2.75, 3.05) is 24.2 Å². The van der Waals surface area contributed by atoms with Crippen LogP contribution >= 0.6 is 35.6 Å². The second-order valence-electron chi connectivity index (χ2n) is 6.35. The smallest absolute Gasteiger partial charge is 0.317 e. The first kappa shape index (κ1) is 21.0. The first-order valence-corrected chi connectivity index (χ1v) is 10.3. The average Bonchev–Trinajstić information content (AvgIpc) is 2.62. The first-order valence-electron chi connectivity index (χ1n) is 8.52. The number of benzene rings is 1. The van der Waals surface area contributed by atoms with Crippen LogP contribution in [0.5, 0.6) is 0 Å². The van der Waals surface area contributed by atoms with Gasteiger partial charge >= 0.3 is 5.97 Å². The van der Waals surface area contributed by atoms with Crippen LogP contribution in [0.2, 0.25) is 5.02 Å². The van der Waals surface area contributed by atoms with E-state index in [-0.39, 0.29) is 5.75 Å². The summed E-state index contributed by atoms with van der Waals surface area (Å²) in [6.45, 7) is 5.64. The Labute approximate surface area is 168 Å². The highest BCUT2D eigenvalue weighted by Crippen LogP contribution is 2.20. The lowest BCUT2D eigenvalue weighted by atomic mass is 10.00. The molecule has 1 amide bonds. The number of hydrogen-bond acceptors (Lipinski definition) is 5. The molecule has 5 nitrogen and oxygen atoms in total. The van der Waals surface area contributed by atoms with E-state index in [2.05, 4.69) is 17.1 Å². The molecule has 1 saturated heterocycles. The fourth-order valence-electron chi connectivity index (χ4n) is 2.46. The highest BCUT2D eigenvalue weighted by Gasteiger charge is 2.21. The van der Waals surface area contributed by atoms with Crippen molar-refractivity contribution in [3.63, 3.8) is 0 Å². The number of amides is 1. The van der Waals surface area contributed by atoms with E-state index in [1.54, 1.807) is 24.3 Å². The van der Waals surface area contributed by atoms with Gasteiger partial charge in [-0.15, -0.1) is 0 Å². The van der Waals surface area contributed by atoms with Crippen molar-refractivity contribution >= 4 is 57.5 Å². The molecule has 0 unspecified atom stereocenters. The van der Waals surface area contributed by atoms with Crippen LogP contribution in [0.25, 0.3) is 0 Å². The molecule has 0 radical (unpaired) electrons. The minimum atomic E-state index is -0.886. The van der Waals surface area contributed by atoms with Gasteiger partial charge in [0.1, 0.15) is 4.32 Å². The van der Waals surface area contributed by atoms with Crippen LogP contribution in [0.15, 0.2) is 24.3 Å². The second-order valence-corrected chi connectivity index (χ2v) is 8.40. The summed E-state index contributed by atoms with van der Waals surface area (Å²) in [5.41, 5.74) is 0.595. The third-order valence-electron chi connectivity index (χ3n) is 4.14. The number of rotatable bonds is 5. The molecule has 0 spiro atoms. The predicted octanol–water partition coefficient (Wildman–Crippen LogP) is 3.96. The zero-order valence-corrected chi connectivity index (χ0v) is 17.3. The summed E-state index contributed by atoms with van der Waals surface area (Å²) in [5, 5.41) is 3.26. The number of anilines is 1. The van der Waals surface area contributed by atoms with Crippen LogP contribution in [0.4, 0.5) is 5.69 Å². The Morgan fingerprint density at radius 3 is 2.58 bits per heavy atom. The van der Waals surface area contributed by atoms with E-state index in [0.29, 0.717) is 15.0 Å². The number of nitrogens with one attached hydrogen (secondary N) is 1. The summed E-state index contributed by atoms with van der Waals surface area (Å²) in [4.78, 5) is 26.2. The molecule has 1 aliphatic heterocycles. The number of halogens is 1. The SMILES string of the molecule is CC1CCN(C(=S)SCC(=O)O[C@H](C)C(=O)Nc2ccc(Cl)cc2)CC1. The van der Waals surface area contributed by atoms with E-state index < -0.39 is 18.0 Å². The molecule has 0 saturated carbocycles. The van der Waals surface area contributed by atoms with Gasteiger partial charge in [0.25, 0.3) is 5.91 Å². The maximum absolute atomic E-state index is 12.1. The van der Waals surface area contributed by atoms with Crippen molar-refractivity contribution in [3.05, 3.63) is 29.3 Å². The number of carbonyl (C=O) groups excluding carboxylic acids is 2. The molecule has 1 heterocycles. The van der Waals surface area contributed by atoms with E-state index in [1.807, 2.05) is 0 Å². The second kappa shape index (κ2) is 10.1. The molecule has 1 N–H and O–H groups in total. The fraction of sp³-hybridized carbons (Fsp3) is 0.500. The van der Waals surface area contributed by atoms with Crippen molar-refractivity contribution in [1.82, 2.24) is 4.90 Å². The van der Waals surface area contributed by atoms with Crippen LogP contribution < -0.4 is 5.32 Å². The number of ether oxygens (including phenoxy) is 1. The number of thioether (sulfide) groups is 1. The van der Waals surface area contributed by atoms with Gasteiger partial charge in [0, 0.05) is 23.8 Å². The number of carbonyl (C=O) groups is 2. The van der Waals surface area contributed by atoms with E-state index in [0.717, 1.165) is 31.8 Å². The topological polar surface area (TPSA) is 58.6 Å². The van der Waals surface area contributed by atoms with Crippen molar-refractivity contribution in [3.8, 4) is 0 Å². The van der Waals surface area contributed by atoms with Crippen molar-refractivity contribution in [2.24, 2.45) is 5.92 Å². The quantitative estimate of drug-likeness (QED) is 0.581. The van der Waals surface area contributed by atoms with Gasteiger partial charge in [-0.25, -0.2) is 0 Å². The zero-order chi connectivity index (χ0) is 19.1. The van der Waals surface area contributed by atoms with Crippen LogP contribution in [0.3, 0.4) is 0 Å². The van der Waals surface area contributed by atoms with Gasteiger partial charge in [0.15, 0.2) is 6.10 Å². The summed E-state index contributed by atoms with van der Waals surface area (Å²) in [6.07, 6.45) is 1.35. The molecule has 1 aliphatic rings. The van der Waals surface area contributed by atoms with Gasteiger partial charge < -0.3 is 15.0 Å². The van der Waals surface area contributed by atoms with Gasteiger partial charge in [0.05, 0.1) is 5.75 Å². The highest BCUT2D eigenvalue weighted by molar-refractivity contribution is 8.23. The number of thiocarbonyl (C=S) groups is 1. The van der Waals surface area contributed by atoms with Gasteiger partial charge in [-0.05, 0) is 49.9 Å². The minimum absolute atomic E-state index is 0.101. The number of nitrogens with zero attached hydrogens (tertiary/aromatic N) is 1. The molecule has 142 valence electrons. The molecule has 1 aromatic rings. The van der Waals surface area contributed by atoms with Crippen LogP contribution in [-0.2, 0) is 14.3 Å². The summed E-state index contributed by atoms with van der Waals surface area (Å²) in [7, 11) is 0. The Bertz CT molecular complexity index is 646. The summed E-state index contributed by atoms with van der Waals surface area (Å²) >= 11 is 12.5. The average molecular weight is 415 g/mol. The Morgan fingerprint density at radius 1 is 1.35 bits per heavy atom. The number of esters is 1. The summed E-state index contributed by atoms with van der Waals surface area (Å²) in [6, 6.07) is 6.71. The molecule has 26 heavy (non-hydrogen) atoms. The summed E-state index contributed by atoms with van der Waals surface area (Å²) < 4.78 is 5.90. The molecule has 0 aliphatic carbocycles. The van der Waals surface area contributed by atoms with Crippen LogP contribution in [0.1, 0.15) is 26.7 Å². The largest absolute Gasteiger partial charge is 0.452 e. The van der Waals surface area contributed by atoms with Crippen LogP contribution in [-0.4, -0.2) is 46.0 Å². The molecular formula is C18H23ClN2O3S2. The predicted molar refractivity (Wildman–Crippen MR) is 111 cm³/mol. The molecule has 8 heteroatoms. The lowest BCUT2D eigenvalue weighted by Crippen LogP contribution is -2.36. The van der Waals surface area contributed by atoms with Gasteiger partial charge in [-0.3, -0.25) is 9.59 Å². The Balaban J connectivity index is 1.71. The number of hydrogen-bond donors (Lipinski definition) is 1. The van der Waals surface area contributed by atoms with Crippen molar-refractivity contribution in [2.45, 2.75) is 32.8 Å². The normalized spacial score (nSPS) is 16.0. The Hall–Kier alpha value is -1.31. The number of likely N-dealkylation sites (tertiary alicyclic amines) is 1. The molecule has 0 aromatic heterocycles. The van der Waals surface area contributed by atoms with Crippen LogP contribution in [0, 0.1) is 5.92 Å². The maximum atomic E-state index is 12.1. The third kappa shape index (κ3) is 6.78. The maximum Gasteiger partial charge on any atom is 0.317 e. The monoisotopic (exact) mass is 414 g/mol. The zero-order valence-electron chi connectivity index (χ0n) is 14.9. The number of piperidine rings is 1. The van der Waals surface area contributed by atoms with E-state index >= 15 is 0 Å². The van der Waals surface area contributed by atoms with E-state index in [1.165, 1.54) is 18.7 Å². The van der Waals surface area contributed by atoms with Crippen molar-refractivity contribution in [1.29, 1.82) is 0 Å². The first-order chi connectivity index (χ1) is 12.3. The molecule has 1 fully saturated rings. The fourth-order valence-corrected chi connectivity index (χ4v) is 3.62. The standard InChI is InChI=1S/C18H23ClN2O3S2/c1-12-7-9-21(10-8-12)18(25)26-11-16(22)24-13(2)17(23)20-15-5-3-14(19)4-6-15/h3-6,12-13H,7-11H2,1-2H3,(H,20,23)/t13-/m1/s1. The highest BCUT2D eigenvalue weighted by atomic mass is 35.5. The molecule has 1 aromatic carbocycles. The van der Waals surface area contributed by atoms with Gasteiger partial charge in [-0.2, -0.15) is 0 Å². The minimum Gasteiger partial charge on any atom is -0.452 e. The lowest BCUT2D eigenvalue weighted by Gasteiger charge is -2.31. The Kier molecular flexibility index (Phi) is 8.18. The summed E-state index contributed by atoms with van der Waals surface area (Å²) in [5.74, 6) is -0.0209. The molecule has 1 atom stereocenters. The molecule has 2 rings (SSSR count). The molecule has 0 bridgehead atoms. The lowest BCUT2D eigenvalue weighted by molar-refractivity contribution is -0.150. The molecular weight excluding hydrogens is 392 g/mol. The van der Waals surface area contributed by atoms with Gasteiger partial charge in [0.2, 0.25) is 0 Å². The Morgan fingerprint density at radius 2 is 1.96 bits per heavy atom. The van der Waals surface area contributed by atoms with E-state index in [9.17, 15) is 9.59 Å². The van der Waals surface area contributed by atoms with E-state index in [4.69, 9.17) is 28.6 Å².